The predicted octanol–water partition coefficient (Wildman–Crippen LogP) is 2.22. The molecule has 2 aromatic rings. The second-order valence-electron chi connectivity index (χ2n) is 5.51. The van der Waals surface area contributed by atoms with Crippen molar-refractivity contribution in [3.63, 3.8) is 0 Å². The molecule has 3 rings (SSSR count). The molecule has 1 aliphatic heterocycles. The number of aromatic amines is 1. The predicted molar refractivity (Wildman–Crippen MR) is 82.4 cm³/mol. The van der Waals surface area contributed by atoms with Crippen molar-refractivity contribution in [2.75, 3.05) is 19.3 Å². The molecule has 0 unspecified atom stereocenters. The summed E-state index contributed by atoms with van der Waals surface area (Å²) in [6, 6.07) is 10.0. The first-order valence-corrected chi connectivity index (χ1v) is 8.94. The maximum absolute atomic E-state index is 11.7. The third kappa shape index (κ3) is 3.16. The number of aromatic nitrogens is 2. The van der Waals surface area contributed by atoms with Crippen LogP contribution in [-0.2, 0) is 10.0 Å². The van der Waals surface area contributed by atoms with Crippen LogP contribution in [0.3, 0.4) is 0 Å². The van der Waals surface area contributed by atoms with E-state index in [9.17, 15) is 8.42 Å². The highest BCUT2D eigenvalue weighted by Gasteiger charge is 2.28. The molecule has 0 radical (unpaired) electrons. The van der Waals surface area contributed by atoms with Gasteiger partial charge in [0.25, 0.3) is 0 Å². The molecule has 6 heteroatoms. The summed E-state index contributed by atoms with van der Waals surface area (Å²) in [4.78, 5) is 7.79. The van der Waals surface area contributed by atoms with Crippen molar-refractivity contribution in [3.05, 3.63) is 42.4 Å². The Hall–Kier alpha value is -1.66. The van der Waals surface area contributed by atoms with Crippen molar-refractivity contribution < 1.29 is 8.42 Å². The van der Waals surface area contributed by atoms with E-state index in [0.717, 1.165) is 29.9 Å². The van der Waals surface area contributed by atoms with Crippen molar-refractivity contribution in [3.8, 4) is 11.3 Å². The summed E-state index contributed by atoms with van der Waals surface area (Å²) in [6.07, 6.45) is 4.93. The Kier molecular flexibility index (Phi) is 3.82. The number of imidazole rings is 1. The van der Waals surface area contributed by atoms with Crippen LogP contribution in [0.15, 0.2) is 36.5 Å². The van der Waals surface area contributed by atoms with Crippen LogP contribution in [0.1, 0.15) is 24.6 Å². The van der Waals surface area contributed by atoms with E-state index in [1.165, 1.54) is 6.26 Å². The molecule has 1 aromatic heterocycles. The lowest BCUT2D eigenvalue weighted by molar-refractivity contribution is 0.312. The van der Waals surface area contributed by atoms with Gasteiger partial charge in [0.2, 0.25) is 10.0 Å². The molecular weight excluding hydrogens is 286 g/mol. The van der Waals surface area contributed by atoms with E-state index in [-0.39, 0.29) is 5.92 Å². The summed E-state index contributed by atoms with van der Waals surface area (Å²) in [5.74, 6) is 1.02. The topological polar surface area (TPSA) is 66.1 Å². The fourth-order valence-corrected chi connectivity index (χ4v) is 3.69. The first kappa shape index (κ1) is 14.3. The second kappa shape index (κ2) is 5.61. The number of hydrogen-bond acceptors (Lipinski definition) is 3. The molecule has 1 aliphatic rings. The molecule has 1 atom stereocenters. The average Bonchev–Trinajstić information content (AvgIpc) is 2.97. The first-order valence-electron chi connectivity index (χ1n) is 7.09. The molecule has 21 heavy (non-hydrogen) atoms. The highest BCUT2D eigenvalue weighted by molar-refractivity contribution is 7.88. The molecule has 1 saturated heterocycles. The van der Waals surface area contributed by atoms with Gasteiger partial charge in [-0.15, -0.1) is 0 Å². The molecule has 0 spiro atoms. The van der Waals surface area contributed by atoms with Crippen molar-refractivity contribution >= 4 is 10.0 Å². The number of nitrogens with zero attached hydrogens (tertiary/aromatic N) is 2. The number of H-pyrrole nitrogens is 1. The largest absolute Gasteiger partial charge is 0.342 e. The Labute approximate surface area is 125 Å². The number of sulfonamides is 1. The van der Waals surface area contributed by atoms with Gasteiger partial charge in [0.1, 0.15) is 5.82 Å². The monoisotopic (exact) mass is 305 g/mol. The molecule has 1 fully saturated rings. The summed E-state index contributed by atoms with van der Waals surface area (Å²) in [5.41, 5.74) is 2.06. The molecule has 112 valence electrons. The fraction of sp³-hybridized carbons (Fsp3) is 0.400. The minimum Gasteiger partial charge on any atom is -0.342 e. The molecule has 5 nitrogen and oxygen atoms in total. The fourth-order valence-electron chi connectivity index (χ4n) is 2.78. The first-order chi connectivity index (χ1) is 10.0. The van der Waals surface area contributed by atoms with Gasteiger partial charge in [0.05, 0.1) is 18.1 Å². The lowest BCUT2D eigenvalue weighted by Gasteiger charge is -2.29. The highest BCUT2D eigenvalue weighted by Crippen LogP contribution is 2.27. The van der Waals surface area contributed by atoms with Crippen LogP contribution in [0.25, 0.3) is 11.3 Å². The Morgan fingerprint density at radius 2 is 2.05 bits per heavy atom. The van der Waals surface area contributed by atoms with Gasteiger partial charge < -0.3 is 4.98 Å². The number of rotatable bonds is 3. The van der Waals surface area contributed by atoms with E-state index in [1.54, 1.807) is 4.31 Å². The quantitative estimate of drug-likeness (QED) is 0.945. The minimum absolute atomic E-state index is 0.144. The van der Waals surface area contributed by atoms with Crippen LogP contribution >= 0.6 is 0 Å². The van der Waals surface area contributed by atoms with E-state index in [4.69, 9.17) is 0 Å². The Morgan fingerprint density at radius 3 is 2.76 bits per heavy atom. The van der Waals surface area contributed by atoms with E-state index < -0.39 is 10.0 Å². The van der Waals surface area contributed by atoms with Gasteiger partial charge in [-0.1, -0.05) is 30.3 Å². The smallest absolute Gasteiger partial charge is 0.211 e. The van der Waals surface area contributed by atoms with Gasteiger partial charge in [0, 0.05) is 19.0 Å². The van der Waals surface area contributed by atoms with Crippen molar-refractivity contribution in [2.24, 2.45) is 0 Å². The maximum atomic E-state index is 11.7. The lowest BCUT2D eigenvalue weighted by atomic mass is 9.99. The minimum atomic E-state index is -3.12. The summed E-state index contributed by atoms with van der Waals surface area (Å²) >= 11 is 0. The van der Waals surface area contributed by atoms with Crippen LogP contribution in [0.2, 0.25) is 0 Å². The standard InChI is InChI=1S/C15H19N3O2S/c1-21(19,20)18-9-5-8-13(11-18)15-16-10-14(17-15)12-6-3-2-4-7-12/h2-4,6-7,10,13H,5,8-9,11H2,1H3,(H,16,17)/t13-/m0/s1. The highest BCUT2D eigenvalue weighted by atomic mass is 32.2. The van der Waals surface area contributed by atoms with Crippen LogP contribution in [-0.4, -0.2) is 42.0 Å². The molecule has 0 aliphatic carbocycles. The Morgan fingerprint density at radius 1 is 1.29 bits per heavy atom. The third-order valence-corrected chi connectivity index (χ3v) is 5.19. The average molecular weight is 305 g/mol. The molecular formula is C15H19N3O2S. The van der Waals surface area contributed by atoms with Crippen molar-refractivity contribution in [1.29, 1.82) is 0 Å². The van der Waals surface area contributed by atoms with Gasteiger partial charge in [-0.2, -0.15) is 0 Å². The van der Waals surface area contributed by atoms with E-state index in [2.05, 4.69) is 9.97 Å². The number of hydrogen-bond donors (Lipinski definition) is 1. The van der Waals surface area contributed by atoms with Crippen LogP contribution in [0, 0.1) is 0 Å². The molecule has 0 saturated carbocycles. The van der Waals surface area contributed by atoms with Crippen LogP contribution in [0.4, 0.5) is 0 Å². The SMILES string of the molecule is CS(=O)(=O)N1CCC[C@H](c2ncc(-c3ccccc3)[nH]2)C1. The zero-order valence-electron chi connectivity index (χ0n) is 12.0. The van der Waals surface area contributed by atoms with E-state index in [0.29, 0.717) is 13.1 Å². The van der Waals surface area contributed by atoms with Gasteiger partial charge in [-0.3, -0.25) is 0 Å². The van der Waals surface area contributed by atoms with Crippen molar-refractivity contribution in [1.82, 2.24) is 14.3 Å². The number of benzene rings is 1. The second-order valence-corrected chi connectivity index (χ2v) is 7.49. The molecule has 0 amide bonds. The summed E-state index contributed by atoms with van der Waals surface area (Å²) < 4.78 is 24.9. The van der Waals surface area contributed by atoms with Gasteiger partial charge in [-0.25, -0.2) is 17.7 Å². The normalized spacial score (nSPS) is 20.5. The molecule has 1 N–H and O–H groups in total. The maximum Gasteiger partial charge on any atom is 0.211 e. The lowest BCUT2D eigenvalue weighted by Crippen LogP contribution is -2.38. The summed E-state index contributed by atoms with van der Waals surface area (Å²) in [6.45, 7) is 1.13. The summed E-state index contributed by atoms with van der Waals surface area (Å²) in [7, 11) is -3.12. The summed E-state index contributed by atoms with van der Waals surface area (Å²) in [5, 5.41) is 0. The third-order valence-electron chi connectivity index (χ3n) is 3.92. The van der Waals surface area contributed by atoms with Gasteiger partial charge in [-0.05, 0) is 18.4 Å². The van der Waals surface area contributed by atoms with E-state index >= 15 is 0 Å². The molecule has 1 aromatic carbocycles. The van der Waals surface area contributed by atoms with E-state index in [1.807, 2.05) is 36.5 Å². The van der Waals surface area contributed by atoms with Crippen LogP contribution in [0.5, 0.6) is 0 Å². The zero-order valence-corrected chi connectivity index (χ0v) is 12.8. The van der Waals surface area contributed by atoms with Gasteiger partial charge in [0.15, 0.2) is 0 Å². The van der Waals surface area contributed by atoms with Gasteiger partial charge >= 0.3 is 0 Å². The Bertz CT molecular complexity index is 710. The molecule has 2 heterocycles. The zero-order chi connectivity index (χ0) is 14.9. The Balaban J connectivity index is 1.80. The van der Waals surface area contributed by atoms with Crippen LogP contribution < -0.4 is 0 Å². The number of nitrogens with one attached hydrogen (secondary N) is 1. The van der Waals surface area contributed by atoms with Crippen molar-refractivity contribution in [2.45, 2.75) is 18.8 Å². The molecule has 0 bridgehead atoms. The number of piperidine rings is 1.